The molecule has 31 heavy (non-hydrogen) atoms. The molecule has 2 N–H and O–H groups in total. The molecule has 0 radical (unpaired) electrons. The first-order valence-electron chi connectivity index (χ1n) is 11.1. The molecular formula is C23H29N5O2S. The SMILES string of the molecule is O=c1[nH]c(=S)n(CCC2=CCCCC2)c(O)c1/C=N/N1CCCC[C@@H]1c1cccnc1. The van der Waals surface area contributed by atoms with Crippen molar-refractivity contribution in [3.63, 3.8) is 0 Å². The van der Waals surface area contributed by atoms with Gasteiger partial charge in [-0.15, -0.1) is 0 Å². The molecule has 0 saturated carbocycles. The summed E-state index contributed by atoms with van der Waals surface area (Å²) in [7, 11) is 0. The lowest BCUT2D eigenvalue weighted by Gasteiger charge is -2.33. The van der Waals surface area contributed by atoms with Gasteiger partial charge in [0.25, 0.3) is 5.56 Å². The Morgan fingerprint density at radius 2 is 2.23 bits per heavy atom. The highest BCUT2D eigenvalue weighted by Gasteiger charge is 2.23. The maximum absolute atomic E-state index is 12.5. The Morgan fingerprint density at radius 1 is 1.32 bits per heavy atom. The molecular weight excluding hydrogens is 410 g/mol. The van der Waals surface area contributed by atoms with Crippen molar-refractivity contribution in [3.05, 3.63) is 62.4 Å². The maximum Gasteiger partial charge on any atom is 0.264 e. The predicted octanol–water partition coefficient (Wildman–Crippen LogP) is 4.46. The Labute approximate surface area is 187 Å². The van der Waals surface area contributed by atoms with E-state index in [2.05, 4.69) is 27.2 Å². The number of piperidine rings is 1. The van der Waals surface area contributed by atoms with Gasteiger partial charge in [-0.05, 0) is 75.2 Å². The number of hydrogen-bond acceptors (Lipinski definition) is 6. The van der Waals surface area contributed by atoms with Crippen molar-refractivity contribution in [3.8, 4) is 5.88 Å². The molecule has 0 amide bonds. The van der Waals surface area contributed by atoms with Crippen molar-refractivity contribution in [1.82, 2.24) is 19.5 Å². The smallest absolute Gasteiger partial charge is 0.264 e. The number of aromatic hydroxyl groups is 1. The number of aromatic amines is 1. The molecule has 4 rings (SSSR count). The Balaban J connectivity index is 1.57. The van der Waals surface area contributed by atoms with Gasteiger partial charge in [-0.3, -0.25) is 24.3 Å². The first-order valence-corrected chi connectivity index (χ1v) is 11.5. The van der Waals surface area contributed by atoms with Crippen molar-refractivity contribution < 1.29 is 5.11 Å². The van der Waals surface area contributed by atoms with Crippen LogP contribution in [0, 0.1) is 4.77 Å². The molecule has 3 heterocycles. The van der Waals surface area contributed by atoms with Crippen LogP contribution in [0.4, 0.5) is 0 Å². The molecule has 2 aromatic rings. The van der Waals surface area contributed by atoms with E-state index in [1.165, 1.54) is 24.6 Å². The lowest BCUT2D eigenvalue weighted by Crippen LogP contribution is -2.29. The number of H-pyrrole nitrogens is 1. The molecule has 0 spiro atoms. The van der Waals surface area contributed by atoms with Gasteiger partial charge >= 0.3 is 0 Å². The molecule has 0 unspecified atom stereocenters. The van der Waals surface area contributed by atoms with Crippen LogP contribution < -0.4 is 5.56 Å². The van der Waals surface area contributed by atoms with Crippen LogP contribution in [0.5, 0.6) is 5.88 Å². The number of rotatable bonds is 6. The number of allylic oxidation sites excluding steroid dienone is 2. The van der Waals surface area contributed by atoms with Crippen LogP contribution >= 0.6 is 12.2 Å². The van der Waals surface area contributed by atoms with E-state index in [1.807, 2.05) is 17.3 Å². The summed E-state index contributed by atoms with van der Waals surface area (Å²) in [5.74, 6) is -0.121. The van der Waals surface area contributed by atoms with Crippen LogP contribution in [0.2, 0.25) is 0 Å². The number of pyridine rings is 1. The Kier molecular flexibility index (Phi) is 6.96. The Morgan fingerprint density at radius 3 is 3.00 bits per heavy atom. The van der Waals surface area contributed by atoms with Crippen LogP contribution in [0.1, 0.15) is 68.5 Å². The third-order valence-electron chi connectivity index (χ3n) is 6.13. The van der Waals surface area contributed by atoms with Gasteiger partial charge in [0.1, 0.15) is 5.56 Å². The molecule has 1 atom stereocenters. The molecule has 8 heteroatoms. The largest absolute Gasteiger partial charge is 0.494 e. The van der Waals surface area contributed by atoms with Gasteiger partial charge < -0.3 is 5.11 Å². The maximum atomic E-state index is 12.5. The van der Waals surface area contributed by atoms with E-state index in [-0.39, 0.29) is 22.3 Å². The first-order chi connectivity index (χ1) is 15.1. The number of hydrogen-bond donors (Lipinski definition) is 2. The standard InChI is InChI=1S/C23H29N5O2S/c29-21-19(16-25-28-13-5-4-10-20(28)18-9-6-12-24-15-18)22(30)27(23(31)26-21)14-11-17-7-2-1-3-8-17/h6-7,9,12,15-16,20,30H,1-5,8,10-11,13-14H2,(H,26,29,31)/b25-16+/t20-/m1/s1. The second-order valence-electron chi connectivity index (χ2n) is 8.21. The zero-order valence-electron chi connectivity index (χ0n) is 17.7. The van der Waals surface area contributed by atoms with E-state index in [9.17, 15) is 9.90 Å². The molecule has 2 aromatic heterocycles. The first kappa shape index (κ1) is 21.5. The Hall–Kier alpha value is -2.74. The van der Waals surface area contributed by atoms with Gasteiger partial charge in [-0.2, -0.15) is 5.10 Å². The van der Waals surface area contributed by atoms with E-state index in [0.29, 0.717) is 6.54 Å². The highest BCUT2D eigenvalue weighted by molar-refractivity contribution is 7.71. The summed E-state index contributed by atoms with van der Waals surface area (Å²) in [6, 6.07) is 4.09. The fraction of sp³-hybridized carbons (Fsp3) is 0.478. The average molecular weight is 440 g/mol. The summed E-state index contributed by atoms with van der Waals surface area (Å²) in [6.07, 6.45) is 16.0. The van der Waals surface area contributed by atoms with E-state index >= 15 is 0 Å². The monoisotopic (exact) mass is 439 g/mol. The van der Waals surface area contributed by atoms with Gasteiger partial charge in [0.2, 0.25) is 5.88 Å². The third kappa shape index (κ3) is 5.12. The summed E-state index contributed by atoms with van der Waals surface area (Å²) < 4.78 is 1.84. The van der Waals surface area contributed by atoms with Gasteiger partial charge in [0.05, 0.1) is 12.3 Å². The Bertz CT molecular complexity index is 1070. The molecule has 1 aliphatic heterocycles. The summed E-state index contributed by atoms with van der Waals surface area (Å²) in [5, 5.41) is 17.4. The van der Waals surface area contributed by atoms with Crippen molar-refractivity contribution in [2.24, 2.45) is 5.10 Å². The average Bonchev–Trinajstić information content (AvgIpc) is 2.80. The van der Waals surface area contributed by atoms with Crippen molar-refractivity contribution in [2.75, 3.05) is 6.54 Å². The van der Waals surface area contributed by atoms with E-state index < -0.39 is 5.56 Å². The van der Waals surface area contributed by atoms with E-state index in [1.54, 1.807) is 10.8 Å². The second-order valence-corrected chi connectivity index (χ2v) is 8.60. The molecule has 2 aliphatic rings. The molecule has 1 fully saturated rings. The number of nitrogens with one attached hydrogen (secondary N) is 1. The third-order valence-corrected chi connectivity index (χ3v) is 6.45. The normalized spacial score (nSPS) is 19.5. The minimum Gasteiger partial charge on any atom is -0.494 e. The fourth-order valence-corrected chi connectivity index (χ4v) is 4.65. The molecule has 1 saturated heterocycles. The highest BCUT2D eigenvalue weighted by atomic mass is 32.1. The van der Waals surface area contributed by atoms with Crippen LogP contribution in [0.3, 0.4) is 0 Å². The second kappa shape index (κ2) is 10.0. The summed E-state index contributed by atoms with van der Waals surface area (Å²) in [6.45, 7) is 1.33. The molecule has 0 aromatic carbocycles. The summed E-state index contributed by atoms with van der Waals surface area (Å²) >= 11 is 5.31. The van der Waals surface area contributed by atoms with E-state index in [0.717, 1.165) is 50.6 Å². The lowest BCUT2D eigenvalue weighted by atomic mass is 9.97. The summed E-state index contributed by atoms with van der Waals surface area (Å²) in [5.41, 5.74) is 2.21. The number of hydrazone groups is 1. The zero-order chi connectivity index (χ0) is 21.6. The number of aromatic nitrogens is 3. The van der Waals surface area contributed by atoms with Gasteiger partial charge in [-0.25, -0.2) is 0 Å². The van der Waals surface area contributed by atoms with Crippen molar-refractivity contribution in [2.45, 2.75) is 64.0 Å². The van der Waals surface area contributed by atoms with Crippen molar-refractivity contribution in [1.29, 1.82) is 0 Å². The molecule has 164 valence electrons. The van der Waals surface area contributed by atoms with Crippen LogP contribution in [0.25, 0.3) is 0 Å². The highest BCUT2D eigenvalue weighted by Crippen LogP contribution is 2.30. The lowest BCUT2D eigenvalue weighted by molar-refractivity contribution is 0.156. The molecule has 1 aliphatic carbocycles. The number of nitrogens with zero attached hydrogens (tertiary/aromatic N) is 4. The van der Waals surface area contributed by atoms with Gasteiger partial charge in [-0.1, -0.05) is 17.7 Å². The topological polar surface area (TPSA) is 86.5 Å². The van der Waals surface area contributed by atoms with E-state index in [4.69, 9.17) is 12.2 Å². The van der Waals surface area contributed by atoms with Crippen LogP contribution in [0.15, 0.2) is 46.1 Å². The van der Waals surface area contributed by atoms with Gasteiger partial charge in [0, 0.05) is 25.5 Å². The van der Waals surface area contributed by atoms with Crippen LogP contribution in [-0.4, -0.2) is 37.4 Å². The quantitative estimate of drug-likeness (QED) is 0.394. The summed E-state index contributed by atoms with van der Waals surface area (Å²) in [4.78, 5) is 19.4. The van der Waals surface area contributed by atoms with Crippen LogP contribution in [-0.2, 0) is 6.54 Å². The molecule has 0 bridgehead atoms. The zero-order valence-corrected chi connectivity index (χ0v) is 18.5. The fourth-order valence-electron chi connectivity index (χ4n) is 4.38. The van der Waals surface area contributed by atoms with Crippen molar-refractivity contribution >= 4 is 18.4 Å². The predicted molar refractivity (Wildman–Crippen MR) is 124 cm³/mol. The minimum atomic E-state index is -0.422. The molecule has 7 nitrogen and oxygen atoms in total. The minimum absolute atomic E-state index is 0.114. The van der Waals surface area contributed by atoms with Gasteiger partial charge in [0.15, 0.2) is 4.77 Å².